The average Bonchev–Trinajstić information content (AvgIpc) is 2.95. The summed E-state index contributed by atoms with van der Waals surface area (Å²) in [5, 5.41) is 0. The maximum absolute atomic E-state index is 13.4. The summed E-state index contributed by atoms with van der Waals surface area (Å²) >= 11 is 0. The molecule has 2 heterocycles. The zero-order valence-corrected chi connectivity index (χ0v) is 21.4. The molecule has 0 fully saturated rings. The second-order valence-electron chi connectivity index (χ2n) is 8.44. The fourth-order valence-corrected chi connectivity index (χ4v) is 5.37. The van der Waals surface area contributed by atoms with Crippen LogP contribution in [0.15, 0.2) is 90.1 Å². The Morgan fingerprint density at radius 2 is 1.81 bits per heavy atom. The van der Waals surface area contributed by atoms with Crippen LogP contribution in [-0.4, -0.2) is 39.0 Å². The number of aromatic nitrogens is 2. The topological polar surface area (TPSA) is 95.4 Å². The Morgan fingerprint density at radius 1 is 1.00 bits per heavy atom. The van der Waals surface area contributed by atoms with Gasteiger partial charge in [0.2, 0.25) is 11.6 Å². The molecule has 1 aliphatic carbocycles. The van der Waals surface area contributed by atoms with Gasteiger partial charge < -0.3 is 9.47 Å². The quantitative estimate of drug-likeness (QED) is 0.198. The van der Waals surface area contributed by atoms with E-state index >= 15 is 0 Å². The first-order valence-corrected chi connectivity index (χ1v) is 13.3. The SMILES string of the molecule is Cc1c(OCCOCc2ccccn2)ccnc1CS(=O)C1=CC=CCC1C(=O)C(=O)c1ccccc1. The fraction of sp³-hybridized carbons (Fsp3) is 0.241. The second kappa shape index (κ2) is 13.0. The molecule has 8 heteroatoms. The van der Waals surface area contributed by atoms with Gasteiger partial charge in [0.15, 0.2) is 0 Å². The molecule has 37 heavy (non-hydrogen) atoms. The van der Waals surface area contributed by atoms with E-state index in [1.165, 1.54) is 0 Å². The van der Waals surface area contributed by atoms with E-state index in [2.05, 4.69) is 9.97 Å². The van der Waals surface area contributed by atoms with Gasteiger partial charge in [-0.05, 0) is 37.6 Å². The number of carbonyl (C=O) groups excluding carboxylic acids is 2. The maximum Gasteiger partial charge on any atom is 0.229 e. The number of benzene rings is 1. The summed E-state index contributed by atoms with van der Waals surface area (Å²) in [5.41, 5.74) is 2.57. The van der Waals surface area contributed by atoms with Crippen LogP contribution in [0.25, 0.3) is 0 Å². The minimum absolute atomic E-state index is 0.113. The number of pyridine rings is 2. The molecule has 0 bridgehead atoms. The van der Waals surface area contributed by atoms with E-state index in [-0.39, 0.29) is 5.75 Å². The molecule has 0 radical (unpaired) electrons. The lowest BCUT2D eigenvalue weighted by Crippen LogP contribution is -2.28. The van der Waals surface area contributed by atoms with Crippen molar-refractivity contribution < 1.29 is 23.3 Å². The molecule has 0 amide bonds. The van der Waals surface area contributed by atoms with Gasteiger partial charge in [-0.25, -0.2) is 0 Å². The van der Waals surface area contributed by atoms with Crippen molar-refractivity contribution in [1.29, 1.82) is 0 Å². The van der Waals surface area contributed by atoms with Crippen molar-refractivity contribution in [1.82, 2.24) is 9.97 Å². The molecule has 4 rings (SSSR count). The van der Waals surface area contributed by atoms with Crippen molar-refractivity contribution in [3.8, 4) is 5.75 Å². The van der Waals surface area contributed by atoms with E-state index in [1.54, 1.807) is 60.9 Å². The van der Waals surface area contributed by atoms with E-state index in [0.717, 1.165) is 11.3 Å². The molecular weight excluding hydrogens is 488 g/mol. The third-order valence-corrected chi connectivity index (χ3v) is 7.42. The van der Waals surface area contributed by atoms with Crippen molar-refractivity contribution >= 4 is 22.4 Å². The number of ketones is 2. The number of carbonyl (C=O) groups is 2. The van der Waals surface area contributed by atoms with Crippen molar-refractivity contribution in [2.45, 2.75) is 25.7 Å². The normalized spacial score (nSPS) is 15.6. The Bertz CT molecular complexity index is 1320. The molecule has 0 saturated carbocycles. The van der Waals surface area contributed by atoms with Crippen LogP contribution in [0.2, 0.25) is 0 Å². The van der Waals surface area contributed by atoms with E-state index in [1.807, 2.05) is 31.2 Å². The Morgan fingerprint density at radius 3 is 2.59 bits per heavy atom. The number of hydrogen-bond acceptors (Lipinski definition) is 7. The minimum Gasteiger partial charge on any atom is -0.491 e. The molecule has 2 aromatic heterocycles. The van der Waals surface area contributed by atoms with Crippen LogP contribution in [0.1, 0.15) is 33.7 Å². The van der Waals surface area contributed by atoms with Gasteiger partial charge in [-0.15, -0.1) is 0 Å². The smallest absolute Gasteiger partial charge is 0.229 e. The highest BCUT2D eigenvalue weighted by Gasteiger charge is 2.32. The summed E-state index contributed by atoms with van der Waals surface area (Å²) < 4.78 is 24.9. The van der Waals surface area contributed by atoms with Crippen LogP contribution < -0.4 is 4.74 Å². The first kappa shape index (κ1) is 26.3. The van der Waals surface area contributed by atoms with E-state index in [9.17, 15) is 13.8 Å². The molecule has 1 aliphatic rings. The summed E-state index contributed by atoms with van der Waals surface area (Å²) in [5.74, 6) is -1.13. The molecule has 3 aromatic rings. The molecule has 0 N–H and O–H groups in total. The standard InChI is InChI=1S/C29H28N2O5S/c1-21-25(31-16-14-26(21)36-18-17-35-19-23-11-7-8-15-30-23)20-37(34)27-13-6-5-12-24(27)29(33)28(32)22-9-3-2-4-10-22/h2-11,13-16,24H,12,17-20H2,1H3. The van der Waals surface area contributed by atoms with Gasteiger partial charge in [0.25, 0.3) is 0 Å². The van der Waals surface area contributed by atoms with Crippen molar-refractivity contribution in [3.63, 3.8) is 0 Å². The molecule has 2 atom stereocenters. The Kier molecular flexibility index (Phi) is 9.24. The molecule has 0 aliphatic heterocycles. The summed E-state index contributed by atoms with van der Waals surface area (Å²) in [6.45, 7) is 2.99. The molecule has 7 nitrogen and oxygen atoms in total. The van der Waals surface area contributed by atoms with Crippen LogP contribution in [0.4, 0.5) is 0 Å². The van der Waals surface area contributed by atoms with Crippen molar-refractivity contribution in [2.75, 3.05) is 13.2 Å². The second-order valence-corrected chi connectivity index (χ2v) is 9.89. The highest BCUT2D eigenvalue weighted by molar-refractivity contribution is 7.88. The Labute approximate surface area is 218 Å². The number of nitrogens with zero attached hydrogens (tertiary/aromatic N) is 2. The zero-order valence-electron chi connectivity index (χ0n) is 20.5. The number of Topliss-reactive ketones (excluding diaryl/α,β-unsaturated/α-hetero) is 2. The summed E-state index contributed by atoms with van der Waals surface area (Å²) in [6.07, 6.45) is 8.93. The van der Waals surface area contributed by atoms with Gasteiger partial charge in [-0.3, -0.25) is 23.8 Å². The molecule has 2 unspecified atom stereocenters. The first-order chi connectivity index (χ1) is 18.0. The van der Waals surface area contributed by atoms with Gasteiger partial charge in [-0.2, -0.15) is 0 Å². The van der Waals surface area contributed by atoms with Gasteiger partial charge in [0.1, 0.15) is 12.4 Å². The monoisotopic (exact) mass is 516 g/mol. The fourth-order valence-electron chi connectivity index (χ4n) is 3.91. The van der Waals surface area contributed by atoms with E-state index in [4.69, 9.17) is 9.47 Å². The lowest BCUT2D eigenvalue weighted by molar-refractivity contribution is -0.117. The summed E-state index contributed by atoms with van der Waals surface area (Å²) in [4.78, 5) is 34.8. The van der Waals surface area contributed by atoms with Crippen molar-refractivity contribution in [2.24, 2.45) is 5.92 Å². The lowest BCUT2D eigenvalue weighted by atomic mass is 9.91. The van der Waals surface area contributed by atoms with Crippen LogP contribution in [0, 0.1) is 12.8 Å². The number of ether oxygens (including phenoxy) is 2. The predicted molar refractivity (Wildman–Crippen MR) is 141 cm³/mol. The number of allylic oxidation sites excluding steroid dienone is 4. The summed E-state index contributed by atoms with van der Waals surface area (Å²) in [6, 6.07) is 15.9. The third-order valence-electron chi connectivity index (χ3n) is 5.94. The Hall–Kier alpha value is -3.75. The minimum atomic E-state index is -1.54. The van der Waals surface area contributed by atoms with Crippen molar-refractivity contribution in [3.05, 3.63) is 113 Å². The first-order valence-electron chi connectivity index (χ1n) is 12.0. The molecule has 0 spiro atoms. The Balaban J connectivity index is 1.37. The number of rotatable bonds is 12. The van der Waals surface area contributed by atoms with Crippen LogP contribution >= 0.6 is 0 Å². The van der Waals surface area contributed by atoms with E-state index in [0.29, 0.717) is 48.2 Å². The largest absolute Gasteiger partial charge is 0.491 e. The lowest BCUT2D eigenvalue weighted by Gasteiger charge is -2.20. The van der Waals surface area contributed by atoms with Gasteiger partial charge >= 0.3 is 0 Å². The highest BCUT2D eigenvalue weighted by atomic mass is 32.2. The van der Waals surface area contributed by atoms with Gasteiger partial charge in [0.05, 0.1) is 47.1 Å². The van der Waals surface area contributed by atoms with Gasteiger partial charge in [-0.1, -0.05) is 48.6 Å². The summed E-state index contributed by atoms with van der Waals surface area (Å²) in [7, 11) is -1.54. The van der Waals surface area contributed by atoms with Crippen LogP contribution in [-0.2, 0) is 32.7 Å². The molecule has 0 saturated heterocycles. The van der Waals surface area contributed by atoms with E-state index < -0.39 is 28.3 Å². The number of hydrogen-bond donors (Lipinski definition) is 0. The third kappa shape index (κ3) is 6.93. The maximum atomic E-state index is 13.4. The average molecular weight is 517 g/mol. The predicted octanol–water partition coefficient (Wildman–Crippen LogP) is 4.54. The molecule has 190 valence electrons. The highest BCUT2D eigenvalue weighted by Crippen LogP contribution is 2.29. The zero-order chi connectivity index (χ0) is 26.0. The molecule has 1 aromatic carbocycles. The van der Waals surface area contributed by atoms with Crippen LogP contribution in [0.5, 0.6) is 5.75 Å². The van der Waals surface area contributed by atoms with Crippen LogP contribution in [0.3, 0.4) is 0 Å². The van der Waals surface area contributed by atoms with Gasteiger partial charge in [0, 0.05) is 28.4 Å². The molecular formula is C29H28N2O5S.